The van der Waals surface area contributed by atoms with E-state index in [0.29, 0.717) is 0 Å². The lowest BCUT2D eigenvalue weighted by Crippen LogP contribution is -1.97. The Bertz CT molecular complexity index is 845. The number of hydrogen-bond donors (Lipinski definition) is 1. The first-order valence-electron chi connectivity index (χ1n) is 6.36. The SMILES string of the molecule is COc1cccc2c(-c3oncc3C(=O)O)c(C)n(C)c12. The number of carboxylic acid groups (broad SMARTS) is 1. The fraction of sp³-hybridized carbons (Fsp3) is 0.200. The number of methoxy groups -OCH3 is 1. The molecule has 0 aliphatic carbocycles. The van der Waals surface area contributed by atoms with Gasteiger partial charge in [0, 0.05) is 23.7 Å². The van der Waals surface area contributed by atoms with Gasteiger partial charge in [-0.05, 0) is 13.0 Å². The van der Waals surface area contributed by atoms with Crippen molar-refractivity contribution in [3.05, 3.63) is 35.7 Å². The van der Waals surface area contributed by atoms with Crippen LogP contribution >= 0.6 is 0 Å². The van der Waals surface area contributed by atoms with Crippen LogP contribution in [0.15, 0.2) is 28.9 Å². The molecule has 2 heterocycles. The molecule has 108 valence electrons. The predicted octanol–water partition coefficient (Wildman–Crippen LogP) is 2.85. The molecule has 0 saturated carbocycles. The lowest BCUT2D eigenvalue weighted by Gasteiger charge is -2.04. The number of aromatic carboxylic acids is 1. The van der Waals surface area contributed by atoms with Gasteiger partial charge in [-0.25, -0.2) is 4.79 Å². The van der Waals surface area contributed by atoms with Crippen LogP contribution in [0.25, 0.3) is 22.2 Å². The highest BCUT2D eigenvalue weighted by atomic mass is 16.5. The van der Waals surface area contributed by atoms with Gasteiger partial charge in [-0.1, -0.05) is 17.3 Å². The van der Waals surface area contributed by atoms with Gasteiger partial charge < -0.3 is 18.9 Å². The monoisotopic (exact) mass is 286 g/mol. The Morgan fingerprint density at radius 2 is 2.19 bits per heavy atom. The van der Waals surface area contributed by atoms with E-state index in [2.05, 4.69) is 5.16 Å². The molecule has 1 aromatic carbocycles. The molecule has 0 amide bonds. The highest BCUT2D eigenvalue weighted by Gasteiger charge is 2.24. The fourth-order valence-corrected chi connectivity index (χ4v) is 2.62. The van der Waals surface area contributed by atoms with Crippen molar-refractivity contribution in [2.24, 2.45) is 7.05 Å². The normalized spacial score (nSPS) is 11.0. The predicted molar refractivity (Wildman–Crippen MR) is 76.7 cm³/mol. The van der Waals surface area contributed by atoms with Crippen molar-refractivity contribution in [3.63, 3.8) is 0 Å². The summed E-state index contributed by atoms with van der Waals surface area (Å²) in [5.74, 6) is -0.0786. The number of carboxylic acids is 1. The van der Waals surface area contributed by atoms with Gasteiger partial charge >= 0.3 is 5.97 Å². The summed E-state index contributed by atoms with van der Waals surface area (Å²) in [6.07, 6.45) is 1.22. The number of aryl methyl sites for hydroxylation is 1. The number of para-hydroxylation sites is 1. The minimum atomic E-state index is -1.06. The third kappa shape index (κ3) is 1.79. The molecule has 0 unspecified atom stereocenters. The third-order valence-electron chi connectivity index (χ3n) is 3.72. The number of carbonyl (C=O) groups is 1. The number of rotatable bonds is 3. The number of fused-ring (bicyclic) bond motifs is 1. The van der Waals surface area contributed by atoms with E-state index in [-0.39, 0.29) is 11.3 Å². The van der Waals surface area contributed by atoms with Gasteiger partial charge in [0.25, 0.3) is 0 Å². The molecule has 21 heavy (non-hydrogen) atoms. The van der Waals surface area contributed by atoms with Crippen molar-refractivity contribution >= 4 is 16.9 Å². The number of ether oxygens (including phenoxy) is 1. The highest BCUT2D eigenvalue weighted by molar-refractivity contribution is 6.04. The average Bonchev–Trinajstić information content (AvgIpc) is 3.03. The van der Waals surface area contributed by atoms with Crippen LogP contribution in [0.5, 0.6) is 5.75 Å². The largest absolute Gasteiger partial charge is 0.495 e. The zero-order valence-corrected chi connectivity index (χ0v) is 11.9. The smallest absolute Gasteiger partial charge is 0.341 e. The maximum atomic E-state index is 11.3. The van der Waals surface area contributed by atoms with Crippen LogP contribution in [0.1, 0.15) is 16.1 Å². The van der Waals surface area contributed by atoms with Crippen LogP contribution in [-0.4, -0.2) is 27.9 Å². The quantitative estimate of drug-likeness (QED) is 0.801. The number of hydrogen-bond acceptors (Lipinski definition) is 4. The first-order chi connectivity index (χ1) is 10.1. The number of aromatic nitrogens is 2. The van der Waals surface area contributed by atoms with Crippen molar-refractivity contribution in [2.45, 2.75) is 6.92 Å². The second kappa shape index (κ2) is 4.66. The lowest BCUT2D eigenvalue weighted by molar-refractivity contribution is 0.0697. The van der Waals surface area contributed by atoms with E-state index in [1.54, 1.807) is 7.11 Å². The van der Waals surface area contributed by atoms with Crippen LogP contribution in [0, 0.1) is 6.92 Å². The van der Waals surface area contributed by atoms with E-state index in [4.69, 9.17) is 9.26 Å². The fourth-order valence-electron chi connectivity index (χ4n) is 2.62. The van der Waals surface area contributed by atoms with Crippen LogP contribution in [-0.2, 0) is 7.05 Å². The van der Waals surface area contributed by atoms with Gasteiger partial charge in [-0.3, -0.25) is 0 Å². The molecule has 0 spiro atoms. The first-order valence-corrected chi connectivity index (χ1v) is 6.36. The third-order valence-corrected chi connectivity index (χ3v) is 3.72. The van der Waals surface area contributed by atoms with Gasteiger partial charge in [-0.2, -0.15) is 0 Å². The Balaban J connectivity index is 2.41. The first kappa shape index (κ1) is 13.2. The van der Waals surface area contributed by atoms with Crippen molar-refractivity contribution in [3.8, 4) is 17.1 Å². The number of nitrogens with zero attached hydrogens (tertiary/aromatic N) is 2. The zero-order valence-electron chi connectivity index (χ0n) is 11.9. The van der Waals surface area contributed by atoms with Gasteiger partial charge in [0.1, 0.15) is 11.3 Å². The minimum absolute atomic E-state index is 0.0495. The molecular weight excluding hydrogens is 272 g/mol. The maximum Gasteiger partial charge on any atom is 0.341 e. The van der Waals surface area contributed by atoms with Gasteiger partial charge in [0.15, 0.2) is 5.76 Å². The Hall–Kier alpha value is -2.76. The molecule has 6 nitrogen and oxygen atoms in total. The van der Waals surface area contributed by atoms with Gasteiger partial charge in [-0.15, -0.1) is 0 Å². The Kier molecular flexibility index (Phi) is 2.94. The van der Waals surface area contributed by atoms with Crippen LogP contribution < -0.4 is 4.74 Å². The van der Waals surface area contributed by atoms with E-state index < -0.39 is 5.97 Å². The van der Waals surface area contributed by atoms with Crippen LogP contribution in [0.2, 0.25) is 0 Å². The molecule has 1 N–H and O–H groups in total. The molecule has 0 aliphatic heterocycles. The van der Waals surface area contributed by atoms with E-state index >= 15 is 0 Å². The molecule has 2 aromatic heterocycles. The Labute approximate surface area is 120 Å². The van der Waals surface area contributed by atoms with Crippen LogP contribution in [0.4, 0.5) is 0 Å². The average molecular weight is 286 g/mol. The molecule has 0 fully saturated rings. The Morgan fingerprint density at radius 3 is 2.86 bits per heavy atom. The van der Waals surface area contributed by atoms with Gasteiger partial charge in [0.2, 0.25) is 0 Å². The lowest BCUT2D eigenvalue weighted by atomic mass is 10.1. The molecule has 3 aromatic rings. The van der Waals surface area contributed by atoms with Crippen LogP contribution in [0.3, 0.4) is 0 Å². The van der Waals surface area contributed by atoms with Crippen molar-refractivity contribution < 1.29 is 19.2 Å². The summed E-state index contributed by atoms with van der Waals surface area (Å²) >= 11 is 0. The molecular formula is C15H14N2O4. The minimum Gasteiger partial charge on any atom is -0.495 e. The molecule has 0 radical (unpaired) electrons. The highest BCUT2D eigenvalue weighted by Crippen LogP contribution is 2.39. The molecule has 0 aliphatic rings. The zero-order chi connectivity index (χ0) is 15.1. The summed E-state index contributed by atoms with van der Waals surface area (Å²) < 4.78 is 12.5. The molecule has 0 bridgehead atoms. The number of benzene rings is 1. The summed E-state index contributed by atoms with van der Waals surface area (Å²) in [6.45, 7) is 1.91. The van der Waals surface area contributed by atoms with E-state index in [1.807, 2.05) is 36.7 Å². The van der Waals surface area contributed by atoms with E-state index in [1.165, 1.54) is 6.20 Å². The van der Waals surface area contributed by atoms with E-state index in [0.717, 1.165) is 27.9 Å². The summed E-state index contributed by atoms with van der Waals surface area (Å²) in [4.78, 5) is 11.3. The van der Waals surface area contributed by atoms with Crippen molar-refractivity contribution in [1.29, 1.82) is 0 Å². The maximum absolute atomic E-state index is 11.3. The second-order valence-corrected chi connectivity index (χ2v) is 4.75. The molecule has 6 heteroatoms. The molecule has 0 atom stereocenters. The van der Waals surface area contributed by atoms with Crippen molar-refractivity contribution in [2.75, 3.05) is 7.11 Å². The van der Waals surface area contributed by atoms with E-state index in [9.17, 15) is 9.90 Å². The van der Waals surface area contributed by atoms with Gasteiger partial charge in [0.05, 0.1) is 18.8 Å². The molecule has 3 rings (SSSR count). The standard InChI is InChI=1S/C15H14N2O4/c1-8-12(14-10(15(18)19)7-16-21-14)9-5-4-6-11(20-3)13(9)17(8)2/h4-7H,1-3H3,(H,18,19). The summed E-state index contributed by atoms with van der Waals surface area (Å²) in [7, 11) is 3.51. The summed E-state index contributed by atoms with van der Waals surface area (Å²) in [5, 5.41) is 13.7. The van der Waals surface area contributed by atoms with Crippen molar-refractivity contribution in [1.82, 2.24) is 9.72 Å². The summed E-state index contributed by atoms with van der Waals surface area (Å²) in [5.41, 5.74) is 2.55. The topological polar surface area (TPSA) is 77.5 Å². The Morgan fingerprint density at radius 1 is 1.43 bits per heavy atom. The summed E-state index contributed by atoms with van der Waals surface area (Å²) in [6, 6.07) is 5.64. The second-order valence-electron chi connectivity index (χ2n) is 4.75. The molecule has 0 saturated heterocycles.